The maximum atomic E-state index is 13.4. The number of likely N-dealkylation sites (N-methyl/N-ethyl adjacent to an activating group) is 1. The van der Waals surface area contributed by atoms with Crippen molar-refractivity contribution in [1.82, 2.24) is 4.90 Å². The fraction of sp³-hybridized carbons (Fsp3) is 0.368. The molecule has 0 aliphatic rings. The van der Waals surface area contributed by atoms with Crippen LogP contribution in [0.4, 0.5) is 26.3 Å². The first kappa shape index (κ1) is 20.3. The Hall–Kier alpha value is -2.02. The Morgan fingerprint density at radius 3 is 2.04 bits per heavy atom. The maximum absolute atomic E-state index is 13.4. The first-order chi connectivity index (χ1) is 11.9. The van der Waals surface area contributed by atoms with Gasteiger partial charge in [-0.05, 0) is 50.2 Å². The molecule has 142 valence electrons. The predicted octanol–water partition coefficient (Wildman–Crippen LogP) is 5.88. The van der Waals surface area contributed by atoms with E-state index in [1.807, 2.05) is 25.9 Å². The smallest absolute Gasteiger partial charge is 0.306 e. The zero-order chi connectivity index (χ0) is 19.7. The van der Waals surface area contributed by atoms with Gasteiger partial charge >= 0.3 is 12.4 Å². The van der Waals surface area contributed by atoms with Crippen molar-refractivity contribution in [2.24, 2.45) is 0 Å². The maximum Gasteiger partial charge on any atom is 0.417 e. The lowest BCUT2D eigenvalue weighted by molar-refractivity contribution is -0.161. The van der Waals surface area contributed by atoms with E-state index in [-0.39, 0.29) is 11.6 Å². The second-order valence-electron chi connectivity index (χ2n) is 6.44. The van der Waals surface area contributed by atoms with Crippen molar-refractivity contribution in [2.45, 2.75) is 31.7 Å². The van der Waals surface area contributed by atoms with Crippen LogP contribution in [0.1, 0.15) is 23.6 Å². The molecule has 1 unspecified atom stereocenters. The van der Waals surface area contributed by atoms with E-state index in [0.717, 1.165) is 17.7 Å². The van der Waals surface area contributed by atoms with Gasteiger partial charge < -0.3 is 4.90 Å². The van der Waals surface area contributed by atoms with Gasteiger partial charge in [0.25, 0.3) is 0 Å². The van der Waals surface area contributed by atoms with Gasteiger partial charge in [-0.2, -0.15) is 26.3 Å². The molecule has 2 rings (SSSR count). The molecule has 0 fully saturated rings. The SMILES string of the molecule is CC(Cc1cccc(-c2cccc(C(F)(F)F)c2C(F)(F)F)c1)N(C)C. The molecule has 0 amide bonds. The zero-order valence-corrected chi connectivity index (χ0v) is 14.5. The third-order valence-corrected chi connectivity index (χ3v) is 4.30. The molecular formula is C19H19F6N. The number of hydrogen-bond donors (Lipinski definition) is 0. The molecule has 26 heavy (non-hydrogen) atoms. The Labute approximate surface area is 148 Å². The topological polar surface area (TPSA) is 3.24 Å². The molecule has 1 nitrogen and oxygen atoms in total. The van der Waals surface area contributed by atoms with Gasteiger partial charge in [-0.15, -0.1) is 0 Å². The fourth-order valence-electron chi connectivity index (χ4n) is 2.72. The highest BCUT2D eigenvalue weighted by atomic mass is 19.4. The van der Waals surface area contributed by atoms with Crippen molar-refractivity contribution in [3.8, 4) is 11.1 Å². The summed E-state index contributed by atoms with van der Waals surface area (Å²) in [7, 11) is 3.76. The van der Waals surface area contributed by atoms with Gasteiger partial charge in [0.1, 0.15) is 0 Å². The van der Waals surface area contributed by atoms with Crippen LogP contribution in [0.15, 0.2) is 42.5 Å². The number of rotatable bonds is 4. The van der Waals surface area contributed by atoms with Crippen LogP contribution in [0, 0.1) is 0 Å². The first-order valence-electron chi connectivity index (χ1n) is 7.94. The van der Waals surface area contributed by atoms with E-state index < -0.39 is 29.0 Å². The summed E-state index contributed by atoms with van der Waals surface area (Å²) in [4.78, 5) is 1.96. The average molecular weight is 375 g/mol. The predicted molar refractivity (Wildman–Crippen MR) is 88.7 cm³/mol. The van der Waals surface area contributed by atoms with Gasteiger partial charge in [-0.3, -0.25) is 0 Å². The van der Waals surface area contributed by atoms with Crippen molar-refractivity contribution in [3.63, 3.8) is 0 Å². The van der Waals surface area contributed by atoms with Gasteiger partial charge in [0, 0.05) is 6.04 Å². The Morgan fingerprint density at radius 2 is 1.50 bits per heavy atom. The lowest BCUT2D eigenvalue weighted by Gasteiger charge is -2.21. The molecule has 0 radical (unpaired) electrons. The normalized spacial score (nSPS) is 13.9. The van der Waals surface area contributed by atoms with E-state index in [0.29, 0.717) is 12.5 Å². The molecule has 0 aliphatic heterocycles. The standard InChI is InChI=1S/C19H19F6N/c1-12(26(2)3)10-13-6-4-7-14(11-13)15-8-5-9-16(18(20,21)22)17(15)19(23,24)25/h4-9,11-12H,10H2,1-3H3. The number of halogens is 6. The molecule has 0 saturated carbocycles. The van der Waals surface area contributed by atoms with Crippen LogP contribution in [-0.2, 0) is 18.8 Å². The fourth-order valence-corrected chi connectivity index (χ4v) is 2.72. The van der Waals surface area contributed by atoms with Crippen LogP contribution in [0.25, 0.3) is 11.1 Å². The molecular weight excluding hydrogens is 356 g/mol. The minimum Gasteiger partial charge on any atom is -0.306 e. The molecule has 0 aromatic heterocycles. The highest BCUT2D eigenvalue weighted by Crippen LogP contribution is 2.45. The van der Waals surface area contributed by atoms with Crippen molar-refractivity contribution in [3.05, 3.63) is 59.2 Å². The van der Waals surface area contributed by atoms with E-state index in [4.69, 9.17) is 0 Å². The largest absolute Gasteiger partial charge is 0.417 e. The average Bonchev–Trinajstić information content (AvgIpc) is 2.52. The summed E-state index contributed by atoms with van der Waals surface area (Å²) in [5.41, 5.74) is -2.91. The summed E-state index contributed by atoms with van der Waals surface area (Å²) >= 11 is 0. The highest BCUT2D eigenvalue weighted by molar-refractivity contribution is 5.70. The Morgan fingerprint density at radius 1 is 0.885 bits per heavy atom. The van der Waals surface area contributed by atoms with E-state index >= 15 is 0 Å². The first-order valence-corrected chi connectivity index (χ1v) is 7.94. The number of alkyl halides is 6. The van der Waals surface area contributed by atoms with E-state index in [2.05, 4.69) is 0 Å². The molecule has 0 heterocycles. The van der Waals surface area contributed by atoms with Crippen LogP contribution in [0.2, 0.25) is 0 Å². The summed E-state index contributed by atoms with van der Waals surface area (Å²) in [6.07, 6.45) is -9.63. The van der Waals surface area contributed by atoms with Crippen molar-refractivity contribution < 1.29 is 26.3 Å². The van der Waals surface area contributed by atoms with Gasteiger partial charge in [-0.25, -0.2) is 0 Å². The zero-order valence-electron chi connectivity index (χ0n) is 14.5. The Kier molecular flexibility index (Phi) is 5.70. The van der Waals surface area contributed by atoms with Crippen molar-refractivity contribution in [1.29, 1.82) is 0 Å². The van der Waals surface area contributed by atoms with E-state index in [1.54, 1.807) is 12.1 Å². The summed E-state index contributed by atoms with van der Waals surface area (Å²) < 4.78 is 79.6. The summed E-state index contributed by atoms with van der Waals surface area (Å²) in [6.45, 7) is 1.96. The Balaban J connectivity index is 2.59. The lowest BCUT2D eigenvalue weighted by Crippen LogP contribution is -2.26. The third-order valence-electron chi connectivity index (χ3n) is 4.30. The molecule has 2 aromatic rings. The molecule has 7 heteroatoms. The number of hydrogen-bond acceptors (Lipinski definition) is 1. The van der Waals surface area contributed by atoms with E-state index in [9.17, 15) is 26.3 Å². The molecule has 1 atom stereocenters. The van der Waals surface area contributed by atoms with Gasteiger partial charge in [0.15, 0.2) is 0 Å². The Bertz CT molecular complexity index is 761. The minimum atomic E-state index is -5.12. The van der Waals surface area contributed by atoms with Crippen LogP contribution in [0.5, 0.6) is 0 Å². The van der Waals surface area contributed by atoms with Gasteiger partial charge in [0.2, 0.25) is 0 Å². The molecule has 2 aromatic carbocycles. The molecule has 0 bridgehead atoms. The second-order valence-corrected chi connectivity index (χ2v) is 6.44. The highest BCUT2D eigenvalue weighted by Gasteiger charge is 2.44. The summed E-state index contributed by atoms with van der Waals surface area (Å²) in [5.74, 6) is 0. The summed E-state index contributed by atoms with van der Waals surface area (Å²) in [6, 6.07) is 8.91. The van der Waals surface area contributed by atoms with Crippen LogP contribution >= 0.6 is 0 Å². The van der Waals surface area contributed by atoms with Crippen molar-refractivity contribution in [2.75, 3.05) is 14.1 Å². The van der Waals surface area contributed by atoms with Crippen LogP contribution < -0.4 is 0 Å². The molecule has 0 N–H and O–H groups in total. The monoisotopic (exact) mass is 375 g/mol. The van der Waals surface area contributed by atoms with Crippen LogP contribution in [-0.4, -0.2) is 25.0 Å². The minimum absolute atomic E-state index is 0.117. The quantitative estimate of drug-likeness (QED) is 0.603. The van der Waals surface area contributed by atoms with E-state index in [1.165, 1.54) is 12.1 Å². The van der Waals surface area contributed by atoms with Gasteiger partial charge in [0.05, 0.1) is 11.1 Å². The van der Waals surface area contributed by atoms with Gasteiger partial charge in [-0.1, -0.05) is 36.4 Å². The molecule has 0 spiro atoms. The second kappa shape index (κ2) is 7.31. The number of benzene rings is 2. The van der Waals surface area contributed by atoms with Crippen LogP contribution in [0.3, 0.4) is 0 Å². The molecule has 0 aliphatic carbocycles. The lowest BCUT2D eigenvalue weighted by atomic mass is 9.92. The third kappa shape index (κ3) is 4.58. The summed E-state index contributed by atoms with van der Waals surface area (Å²) in [5, 5.41) is 0. The molecule has 0 saturated heterocycles. The number of nitrogens with zero attached hydrogens (tertiary/aromatic N) is 1. The van der Waals surface area contributed by atoms with Crippen molar-refractivity contribution >= 4 is 0 Å².